The van der Waals surface area contributed by atoms with Crippen LogP contribution in [0.1, 0.15) is 68.1 Å². The Balaban J connectivity index is 1.65. The highest BCUT2D eigenvalue weighted by Crippen LogP contribution is 2.28. The van der Waals surface area contributed by atoms with Gasteiger partial charge in [-0.25, -0.2) is 13.5 Å². The Bertz CT molecular complexity index is 1110. The Kier molecular flexibility index (Phi) is 10.2. The van der Waals surface area contributed by atoms with E-state index >= 15 is 0 Å². The number of hydrogen-bond acceptors (Lipinski definition) is 6. The van der Waals surface area contributed by atoms with Gasteiger partial charge >= 0.3 is 0 Å². The standard InChI is InChI=1S/C27H38F2N4O4S/c1-26(2,36)12-13-33-24(31-22(34)17-38-4)23-21(32-33)16-19(30-25(23)35)10-9-18-7-5-8-20(15-18)37-14-6-11-27(3,28)29/h5,7-8,15,19,36H,6,9-14,16-17H2,1-4H3,(H,30,35)(H,31,34)/t19-/m0/s1. The number of fused-ring (bicyclic) bond motifs is 1. The van der Waals surface area contributed by atoms with E-state index in [0.717, 1.165) is 12.5 Å². The van der Waals surface area contributed by atoms with Crippen LogP contribution in [0.3, 0.4) is 0 Å². The van der Waals surface area contributed by atoms with Crippen LogP contribution >= 0.6 is 11.8 Å². The zero-order chi connectivity index (χ0) is 27.9. The van der Waals surface area contributed by atoms with Crippen molar-refractivity contribution in [3.63, 3.8) is 0 Å². The molecule has 3 N–H and O–H groups in total. The third-order valence-corrected chi connectivity index (χ3v) is 6.76. The molecule has 1 aromatic heterocycles. The second-order valence-electron chi connectivity index (χ2n) is 10.5. The fourth-order valence-electron chi connectivity index (χ4n) is 4.28. The molecule has 0 bridgehead atoms. The predicted molar refractivity (Wildman–Crippen MR) is 145 cm³/mol. The van der Waals surface area contributed by atoms with Gasteiger partial charge in [-0.2, -0.15) is 16.9 Å². The number of alkyl halides is 2. The van der Waals surface area contributed by atoms with E-state index in [-0.39, 0.29) is 43.1 Å². The Morgan fingerprint density at radius 1 is 1.32 bits per heavy atom. The third-order valence-electron chi connectivity index (χ3n) is 6.20. The molecule has 2 heterocycles. The number of carbonyl (C=O) groups is 2. The Labute approximate surface area is 226 Å². The number of aliphatic hydroxyl groups is 1. The fourth-order valence-corrected chi connectivity index (χ4v) is 4.62. The minimum absolute atomic E-state index is 0.140. The summed E-state index contributed by atoms with van der Waals surface area (Å²) in [6.45, 7) is 4.89. The average molecular weight is 553 g/mol. The fraction of sp³-hybridized carbons (Fsp3) is 0.593. The van der Waals surface area contributed by atoms with Crippen LogP contribution in [-0.2, 0) is 24.2 Å². The maximum absolute atomic E-state index is 13.1. The molecule has 0 saturated heterocycles. The highest BCUT2D eigenvalue weighted by Gasteiger charge is 2.32. The lowest BCUT2D eigenvalue weighted by Gasteiger charge is -2.23. The minimum atomic E-state index is -2.69. The van der Waals surface area contributed by atoms with Crippen molar-refractivity contribution in [2.75, 3.05) is 23.9 Å². The van der Waals surface area contributed by atoms with Gasteiger partial charge in [-0.15, -0.1) is 0 Å². The number of rotatable bonds is 14. The molecule has 0 spiro atoms. The summed E-state index contributed by atoms with van der Waals surface area (Å²) in [6.07, 6.45) is 4.15. The van der Waals surface area contributed by atoms with Crippen LogP contribution in [0.4, 0.5) is 14.6 Å². The lowest BCUT2D eigenvalue weighted by atomic mass is 9.96. The molecule has 3 rings (SSSR count). The van der Waals surface area contributed by atoms with E-state index < -0.39 is 11.5 Å². The maximum Gasteiger partial charge on any atom is 0.257 e. The molecule has 1 aliphatic heterocycles. The first-order valence-corrected chi connectivity index (χ1v) is 14.3. The summed E-state index contributed by atoms with van der Waals surface area (Å²) in [7, 11) is 0. The van der Waals surface area contributed by atoms with E-state index in [0.29, 0.717) is 55.1 Å². The zero-order valence-electron chi connectivity index (χ0n) is 22.5. The van der Waals surface area contributed by atoms with Crippen LogP contribution in [0.15, 0.2) is 24.3 Å². The first kappa shape index (κ1) is 29.9. The van der Waals surface area contributed by atoms with Gasteiger partial charge in [0, 0.05) is 25.4 Å². The summed E-state index contributed by atoms with van der Waals surface area (Å²) in [4.78, 5) is 25.4. The monoisotopic (exact) mass is 552 g/mol. The summed E-state index contributed by atoms with van der Waals surface area (Å²) >= 11 is 1.38. The Morgan fingerprint density at radius 2 is 2.08 bits per heavy atom. The molecule has 2 aromatic rings. The SMILES string of the molecule is CSCC(=O)Nc1c2c(nn1CCC(C)(C)O)C[C@H](CCc1cccc(OCCCC(C)(F)F)c1)NC2=O. The third kappa shape index (κ3) is 9.27. The van der Waals surface area contributed by atoms with Crippen molar-refractivity contribution >= 4 is 29.4 Å². The van der Waals surface area contributed by atoms with Gasteiger partial charge in [0.05, 0.1) is 23.7 Å². The van der Waals surface area contributed by atoms with Crippen molar-refractivity contribution in [2.24, 2.45) is 0 Å². The highest BCUT2D eigenvalue weighted by molar-refractivity contribution is 7.99. The van der Waals surface area contributed by atoms with Gasteiger partial charge in [-0.05, 0) is 70.4 Å². The number of nitrogens with zero attached hydrogens (tertiary/aromatic N) is 2. The van der Waals surface area contributed by atoms with E-state index in [1.807, 2.05) is 24.5 Å². The number of hydrogen-bond donors (Lipinski definition) is 3. The van der Waals surface area contributed by atoms with E-state index in [2.05, 4.69) is 15.7 Å². The largest absolute Gasteiger partial charge is 0.494 e. The minimum Gasteiger partial charge on any atom is -0.494 e. The van der Waals surface area contributed by atoms with Crippen LogP contribution in [0.2, 0.25) is 0 Å². The summed E-state index contributed by atoms with van der Waals surface area (Å²) in [5.41, 5.74) is 1.10. The Morgan fingerprint density at radius 3 is 2.76 bits per heavy atom. The molecular formula is C27H38F2N4O4S. The lowest BCUT2D eigenvalue weighted by molar-refractivity contribution is -0.113. The first-order valence-electron chi connectivity index (χ1n) is 12.9. The highest BCUT2D eigenvalue weighted by atomic mass is 32.2. The molecule has 0 saturated carbocycles. The lowest BCUT2D eigenvalue weighted by Crippen LogP contribution is -2.41. The van der Waals surface area contributed by atoms with Crippen molar-refractivity contribution in [1.29, 1.82) is 0 Å². The van der Waals surface area contributed by atoms with Gasteiger partial charge < -0.3 is 20.5 Å². The van der Waals surface area contributed by atoms with Gasteiger partial charge in [-0.3, -0.25) is 9.59 Å². The molecule has 1 aromatic carbocycles. The molecule has 210 valence electrons. The average Bonchev–Trinajstić information content (AvgIpc) is 3.16. The number of anilines is 1. The second kappa shape index (κ2) is 12.9. The van der Waals surface area contributed by atoms with Crippen molar-refractivity contribution in [1.82, 2.24) is 15.1 Å². The van der Waals surface area contributed by atoms with Gasteiger partial charge in [0.25, 0.3) is 5.91 Å². The molecule has 0 fully saturated rings. The van der Waals surface area contributed by atoms with E-state index in [1.165, 1.54) is 11.8 Å². The summed E-state index contributed by atoms with van der Waals surface area (Å²) in [5.74, 6) is -1.94. The topological polar surface area (TPSA) is 105 Å². The number of benzene rings is 1. The summed E-state index contributed by atoms with van der Waals surface area (Å²) in [6, 6.07) is 7.39. The number of amides is 2. The molecule has 1 atom stereocenters. The van der Waals surface area contributed by atoms with E-state index in [9.17, 15) is 23.5 Å². The van der Waals surface area contributed by atoms with Gasteiger partial charge in [-0.1, -0.05) is 12.1 Å². The molecule has 0 aliphatic carbocycles. The number of aryl methyl sites for hydroxylation is 2. The number of thioether (sulfide) groups is 1. The molecule has 1 aliphatic rings. The molecule has 8 nitrogen and oxygen atoms in total. The van der Waals surface area contributed by atoms with Crippen LogP contribution in [0.5, 0.6) is 5.75 Å². The zero-order valence-corrected chi connectivity index (χ0v) is 23.3. The number of carbonyl (C=O) groups excluding carboxylic acids is 2. The number of ether oxygens (including phenoxy) is 1. The van der Waals surface area contributed by atoms with Crippen molar-refractivity contribution < 1.29 is 28.2 Å². The maximum atomic E-state index is 13.1. The Hall–Kier alpha value is -2.66. The van der Waals surface area contributed by atoms with Crippen molar-refractivity contribution in [3.05, 3.63) is 41.1 Å². The number of nitrogens with one attached hydrogen (secondary N) is 2. The van der Waals surface area contributed by atoms with E-state index in [1.54, 1.807) is 24.6 Å². The first-order chi connectivity index (χ1) is 17.8. The van der Waals surface area contributed by atoms with E-state index in [4.69, 9.17) is 4.74 Å². The van der Waals surface area contributed by atoms with Crippen molar-refractivity contribution in [2.45, 2.75) is 83.4 Å². The summed E-state index contributed by atoms with van der Waals surface area (Å²) < 4.78 is 33.2. The smallest absolute Gasteiger partial charge is 0.257 e. The van der Waals surface area contributed by atoms with Crippen LogP contribution in [0, 0.1) is 0 Å². The molecule has 2 amide bonds. The molecule has 0 radical (unpaired) electrons. The summed E-state index contributed by atoms with van der Waals surface area (Å²) in [5, 5.41) is 20.7. The normalized spacial score (nSPS) is 15.7. The van der Waals surface area contributed by atoms with Gasteiger partial charge in [0.1, 0.15) is 17.1 Å². The van der Waals surface area contributed by atoms with Gasteiger partial charge in [0.15, 0.2) is 0 Å². The van der Waals surface area contributed by atoms with Crippen LogP contribution in [0.25, 0.3) is 0 Å². The molecule has 11 heteroatoms. The number of halogens is 2. The molecular weight excluding hydrogens is 514 g/mol. The van der Waals surface area contributed by atoms with Crippen LogP contribution < -0.4 is 15.4 Å². The quantitative estimate of drug-likeness (QED) is 0.299. The number of aromatic nitrogens is 2. The van der Waals surface area contributed by atoms with Crippen molar-refractivity contribution in [3.8, 4) is 5.75 Å². The van der Waals surface area contributed by atoms with Gasteiger partial charge in [0.2, 0.25) is 11.8 Å². The predicted octanol–water partition coefficient (Wildman–Crippen LogP) is 4.45. The molecule has 38 heavy (non-hydrogen) atoms. The molecule has 0 unspecified atom stereocenters. The van der Waals surface area contributed by atoms with Crippen LogP contribution in [-0.4, -0.2) is 62.9 Å². The second-order valence-corrected chi connectivity index (χ2v) is 11.4.